The maximum absolute atomic E-state index is 12.7. The highest BCUT2D eigenvalue weighted by atomic mass is 16.5. The molecule has 3 aromatic rings. The van der Waals surface area contributed by atoms with Crippen LogP contribution in [0.2, 0.25) is 0 Å². The van der Waals surface area contributed by atoms with Crippen molar-refractivity contribution in [3.63, 3.8) is 0 Å². The van der Waals surface area contributed by atoms with Gasteiger partial charge in [-0.25, -0.2) is 0 Å². The fourth-order valence-electron chi connectivity index (χ4n) is 3.46. The highest BCUT2D eigenvalue weighted by Crippen LogP contribution is 2.23. The minimum atomic E-state index is -0.0598. The average molecular weight is 432 g/mol. The van der Waals surface area contributed by atoms with Crippen molar-refractivity contribution in [3.8, 4) is 5.75 Å². The van der Waals surface area contributed by atoms with Crippen LogP contribution in [0.25, 0.3) is 0 Å². The minimum Gasteiger partial charge on any atom is -0.489 e. The number of carbonyl (C=O) groups excluding carboxylic acids is 1. The third-order valence-corrected chi connectivity index (χ3v) is 5.38. The van der Waals surface area contributed by atoms with Crippen molar-refractivity contribution in [1.82, 2.24) is 10.2 Å². The Bertz CT molecular complexity index is 954. The molecule has 0 fully saturated rings. The molecule has 5 nitrogen and oxygen atoms in total. The largest absolute Gasteiger partial charge is 0.489 e. The lowest BCUT2D eigenvalue weighted by molar-refractivity contribution is 0.0952. The van der Waals surface area contributed by atoms with Gasteiger partial charge in [0.25, 0.3) is 5.91 Å². The van der Waals surface area contributed by atoms with Gasteiger partial charge in [-0.2, -0.15) is 0 Å². The summed E-state index contributed by atoms with van der Waals surface area (Å²) in [4.78, 5) is 15.1. The van der Waals surface area contributed by atoms with Crippen molar-refractivity contribution in [2.24, 2.45) is 0 Å². The molecule has 0 heterocycles. The van der Waals surface area contributed by atoms with Crippen molar-refractivity contribution >= 4 is 17.3 Å². The van der Waals surface area contributed by atoms with E-state index in [0.29, 0.717) is 18.7 Å². The first-order chi connectivity index (χ1) is 15.7. The Hall–Kier alpha value is -3.31. The molecule has 3 rings (SSSR count). The Morgan fingerprint density at radius 1 is 0.875 bits per heavy atom. The number of amides is 1. The number of ether oxygens (including phenoxy) is 1. The summed E-state index contributed by atoms with van der Waals surface area (Å²) in [6.45, 7) is 8.58. The number of benzene rings is 3. The highest BCUT2D eigenvalue weighted by Gasteiger charge is 2.11. The summed E-state index contributed by atoms with van der Waals surface area (Å²) in [5.41, 5.74) is 3.46. The zero-order valence-corrected chi connectivity index (χ0v) is 19.0. The quantitative estimate of drug-likeness (QED) is 0.373. The Labute approximate surface area is 191 Å². The topological polar surface area (TPSA) is 53.6 Å². The molecule has 0 aliphatic rings. The van der Waals surface area contributed by atoms with Crippen LogP contribution >= 0.6 is 0 Å². The Balaban J connectivity index is 1.54. The molecular formula is C27H33N3O2. The zero-order chi connectivity index (χ0) is 22.6. The molecule has 0 radical (unpaired) electrons. The van der Waals surface area contributed by atoms with Crippen LogP contribution in [0.1, 0.15) is 36.2 Å². The molecule has 0 saturated carbocycles. The van der Waals surface area contributed by atoms with E-state index in [1.54, 1.807) is 0 Å². The molecule has 0 aromatic heterocycles. The maximum atomic E-state index is 12.7. The summed E-state index contributed by atoms with van der Waals surface area (Å²) >= 11 is 0. The number of carbonyl (C=O) groups is 1. The molecular weight excluding hydrogens is 398 g/mol. The summed E-state index contributed by atoms with van der Waals surface area (Å²) in [6.07, 6.45) is 0.938. The van der Waals surface area contributed by atoms with Gasteiger partial charge in [0.05, 0.1) is 11.3 Å². The lowest BCUT2D eigenvalue weighted by atomic mass is 10.1. The van der Waals surface area contributed by atoms with Gasteiger partial charge < -0.3 is 20.3 Å². The molecule has 0 saturated heterocycles. The van der Waals surface area contributed by atoms with Crippen molar-refractivity contribution in [2.45, 2.75) is 26.9 Å². The molecule has 0 aliphatic carbocycles. The molecule has 3 aromatic carbocycles. The number of nitrogens with zero attached hydrogens (tertiary/aromatic N) is 1. The number of hydrogen-bond donors (Lipinski definition) is 2. The molecule has 0 unspecified atom stereocenters. The predicted molar refractivity (Wildman–Crippen MR) is 132 cm³/mol. The Kier molecular flexibility index (Phi) is 9.14. The van der Waals surface area contributed by atoms with Crippen molar-refractivity contribution in [3.05, 3.63) is 90.0 Å². The van der Waals surface area contributed by atoms with Gasteiger partial charge in [-0.15, -0.1) is 0 Å². The number of anilines is 2. The SMILES string of the molecule is CCN(CC)CCCNC(=O)c1ccccc1Nc1ccc(OCc2ccccc2)cc1. The van der Waals surface area contributed by atoms with Gasteiger partial charge in [0.15, 0.2) is 0 Å². The second-order valence-corrected chi connectivity index (χ2v) is 7.61. The van der Waals surface area contributed by atoms with E-state index >= 15 is 0 Å². The van der Waals surface area contributed by atoms with Crippen LogP contribution < -0.4 is 15.4 Å². The van der Waals surface area contributed by atoms with Crippen LogP contribution in [0.15, 0.2) is 78.9 Å². The number of nitrogens with one attached hydrogen (secondary N) is 2. The number of para-hydroxylation sites is 1. The van der Waals surface area contributed by atoms with Crippen LogP contribution in [0.3, 0.4) is 0 Å². The van der Waals surface area contributed by atoms with E-state index in [-0.39, 0.29) is 5.91 Å². The van der Waals surface area contributed by atoms with Crippen LogP contribution in [0, 0.1) is 0 Å². The molecule has 0 atom stereocenters. The lowest BCUT2D eigenvalue weighted by Gasteiger charge is -2.18. The summed E-state index contributed by atoms with van der Waals surface area (Å²) in [5.74, 6) is 0.745. The summed E-state index contributed by atoms with van der Waals surface area (Å²) < 4.78 is 5.85. The molecule has 2 N–H and O–H groups in total. The Morgan fingerprint density at radius 2 is 1.56 bits per heavy atom. The van der Waals surface area contributed by atoms with E-state index in [2.05, 4.69) is 29.4 Å². The van der Waals surface area contributed by atoms with E-state index in [9.17, 15) is 4.79 Å². The third kappa shape index (κ3) is 7.13. The van der Waals surface area contributed by atoms with Crippen LogP contribution in [-0.4, -0.2) is 37.0 Å². The van der Waals surface area contributed by atoms with E-state index < -0.39 is 0 Å². The van der Waals surface area contributed by atoms with Gasteiger partial charge in [0.2, 0.25) is 0 Å². The number of rotatable bonds is 12. The second kappa shape index (κ2) is 12.5. The van der Waals surface area contributed by atoms with E-state index in [1.165, 1.54) is 0 Å². The standard InChI is InChI=1S/C27H33N3O2/c1-3-30(4-2)20-10-19-28-27(31)25-13-8-9-14-26(25)29-23-15-17-24(18-16-23)32-21-22-11-6-5-7-12-22/h5-9,11-18,29H,3-4,10,19-21H2,1-2H3,(H,28,31). The second-order valence-electron chi connectivity index (χ2n) is 7.61. The summed E-state index contributed by atoms with van der Waals surface area (Å²) in [5, 5.41) is 6.40. The first-order valence-corrected chi connectivity index (χ1v) is 11.3. The van der Waals surface area contributed by atoms with Gasteiger partial charge >= 0.3 is 0 Å². The fraction of sp³-hybridized carbons (Fsp3) is 0.296. The van der Waals surface area contributed by atoms with Crippen molar-refractivity contribution in [2.75, 3.05) is 31.5 Å². The first kappa shape index (κ1) is 23.4. The van der Waals surface area contributed by atoms with E-state index in [4.69, 9.17) is 4.74 Å². The molecule has 1 amide bonds. The first-order valence-electron chi connectivity index (χ1n) is 11.3. The summed E-state index contributed by atoms with van der Waals surface area (Å²) in [6, 6.07) is 25.4. The van der Waals surface area contributed by atoms with Gasteiger partial charge in [-0.05, 0) is 68.0 Å². The van der Waals surface area contributed by atoms with Crippen LogP contribution in [0.5, 0.6) is 5.75 Å². The third-order valence-electron chi connectivity index (χ3n) is 5.38. The zero-order valence-electron chi connectivity index (χ0n) is 19.0. The van der Waals surface area contributed by atoms with Crippen molar-refractivity contribution < 1.29 is 9.53 Å². The highest BCUT2D eigenvalue weighted by molar-refractivity contribution is 6.00. The van der Waals surface area contributed by atoms with Gasteiger partial charge in [-0.3, -0.25) is 4.79 Å². The number of hydrogen-bond acceptors (Lipinski definition) is 4. The van der Waals surface area contributed by atoms with Gasteiger partial charge in [-0.1, -0.05) is 56.3 Å². The van der Waals surface area contributed by atoms with Gasteiger partial charge in [0, 0.05) is 12.2 Å². The molecule has 0 spiro atoms. The Morgan fingerprint density at radius 3 is 2.28 bits per heavy atom. The van der Waals surface area contributed by atoms with E-state index in [1.807, 2.05) is 78.9 Å². The van der Waals surface area contributed by atoms with Gasteiger partial charge in [0.1, 0.15) is 12.4 Å². The van der Waals surface area contributed by atoms with Crippen molar-refractivity contribution in [1.29, 1.82) is 0 Å². The fourth-order valence-corrected chi connectivity index (χ4v) is 3.46. The lowest BCUT2D eigenvalue weighted by Crippen LogP contribution is -2.30. The molecule has 0 aliphatic heterocycles. The van der Waals surface area contributed by atoms with Crippen LogP contribution in [-0.2, 0) is 6.61 Å². The molecule has 0 bridgehead atoms. The van der Waals surface area contributed by atoms with Crippen LogP contribution in [0.4, 0.5) is 11.4 Å². The van der Waals surface area contributed by atoms with E-state index in [0.717, 1.165) is 48.7 Å². The normalized spacial score (nSPS) is 10.7. The average Bonchev–Trinajstić information content (AvgIpc) is 2.84. The predicted octanol–water partition coefficient (Wildman–Crippen LogP) is 5.47. The smallest absolute Gasteiger partial charge is 0.253 e. The maximum Gasteiger partial charge on any atom is 0.253 e. The summed E-state index contributed by atoms with van der Waals surface area (Å²) in [7, 11) is 0. The molecule has 32 heavy (non-hydrogen) atoms. The minimum absolute atomic E-state index is 0.0598. The molecule has 168 valence electrons. The monoisotopic (exact) mass is 431 g/mol. The molecule has 5 heteroatoms.